The fourth-order valence-electron chi connectivity index (χ4n) is 1.56. The van der Waals surface area contributed by atoms with E-state index in [1.54, 1.807) is 0 Å². The lowest BCUT2D eigenvalue weighted by molar-refractivity contribution is 0.381. The van der Waals surface area contributed by atoms with Crippen molar-refractivity contribution in [2.24, 2.45) is 0 Å². The molecule has 0 radical (unpaired) electrons. The fraction of sp³-hybridized carbons (Fsp3) is 0.857. The summed E-state index contributed by atoms with van der Waals surface area (Å²) in [6.45, 7) is 10.6. The van der Waals surface area contributed by atoms with Gasteiger partial charge in [-0.05, 0) is 0 Å². The van der Waals surface area contributed by atoms with Gasteiger partial charge < -0.3 is 5.48 Å². The molecule has 0 aromatic carbocycles. The summed E-state index contributed by atoms with van der Waals surface area (Å²) in [4.78, 5) is 0. The smallest absolute Gasteiger partial charge is 0.394 e. The highest BCUT2D eigenvalue weighted by atomic mass is 32.3. The molecule has 0 saturated carbocycles. The third kappa shape index (κ3) is 65.7. The Bertz CT molecular complexity index is 222. The molecule has 6 heteroatoms. The zero-order valence-corrected chi connectivity index (χ0v) is 13.9. The third-order valence-corrected chi connectivity index (χ3v) is 2.46. The lowest BCUT2D eigenvalue weighted by Gasteiger charge is -1.99. The van der Waals surface area contributed by atoms with Crippen LogP contribution in [0.3, 0.4) is 0 Å². The molecule has 0 aliphatic carbocycles. The maximum Gasteiger partial charge on any atom is 0.394 e. The van der Waals surface area contributed by atoms with E-state index in [-0.39, 0.29) is 5.48 Å². The molecule has 0 aromatic rings. The van der Waals surface area contributed by atoms with E-state index in [1.807, 2.05) is 0 Å². The van der Waals surface area contributed by atoms with Crippen LogP contribution in [0.1, 0.15) is 78.1 Å². The summed E-state index contributed by atoms with van der Waals surface area (Å²) in [7, 11) is -4.67. The Morgan fingerprint density at radius 3 is 1.00 bits per heavy atom. The maximum absolute atomic E-state index is 8.74. The SMILES string of the molecule is C=C.CCCCCCCCCCCC.O.O=S(=O)(O)O. The first-order valence-electron chi connectivity index (χ1n) is 7.11. The molecular weight excluding hydrogens is 280 g/mol. The average Bonchev–Trinajstić information content (AvgIpc) is 2.33. The van der Waals surface area contributed by atoms with Crippen LogP contribution in [0, 0.1) is 0 Å². The van der Waals surface area contributed by atoms with Crippen molar-refractivity contribution in [3.8, 4) is 0 Å². The van der Waals surface area contributed by atoms with Crippen LogP contribution in [0.2, 0.25) is 0 Å². The van der Waals surface area contributed by atoms with E-state index in [2.05, 4.69) is 27.0 Å². The second kappa shape index (κ2) is 23.6. The van der Waals surface area contributed by atoms with Gasteiger partial charge in [0, 0.05) is 0 Å². The largest absolute Gasteiger partial charge is 0.412 e. The Kier molecular flexibility index (Phi) is 32.9. The minimum atomic E-state index is -4.67. The zero-order chi connectivity index (χ0) is 15.6. The van der Waals surface area contributed by atoms with Crippen molar-refractivity contribution in [1.82, 2.24) is 0 Å². The summed E-state index contributed by atoms with van der Waals surface area (Å²) in [5, 5.41) is 0. The Labute approximate surface area is 125 Å². The topological polar surface area (TPSA) is 106 Å². The van der Waals surface area contributed by atoms with Crippen molar-refractivity contribution in [1.29, 1.82) is 0 Å². The minimum Gasteiger partial charge on any atom is -0.412 e. The molecule has 0 bridgehead atoms. The molecule has 4 N–H and O–H groups in total. The molecule has 0 amide bonds. The molecule has 0 saturated heterocycles. The molecule has 20 heavy (non-hydrogen) atoms. The highest BCUT2D eigenvalue weighted by Crippen LogP contribution is 2.09. The second-order valence-corrected chi connectivity index (χ2v) is 5.17. The first-order valence-corrected chi connectivity index (χ1v) is 8.51. The van der Waals surface area contributed by atoms with Crippen molar-refractivity contribution in [2.45, 2.75) is 78.1 Å². The van der Waals surface area contributed by atoms with E-state index in [0.29, 0.717) is 0 Å². The molecule has 0 rings (SSSR count). The van der Waals surface area contributed by atoms with Crippen LogP contribution in [0.5, 0.6) is 0 Å². The molecule has 0 aliphatic rings. The van der Waals surface area contributed by atoms with Crippen LogP contribution in [-0.2, 0) is 10.4 Å². The van der Waals surface area contributed by atoms with Crippen LogP contribution in [0.15, 0.2) is 13.2 Å². The zero-order valence-electron chi connectivity index (χ0n) is 13.1. The van der Waals surface area contributed by atoms with Crippen LogP contribution < -0.4 is 0 Å². The minimum absolute atomic E-state index is 0. The normalized spacial score (nSPS) is 9.40. The first kappa shape index (κ1) is 27.8. The van der Waals surface area contributed by atoms with Gasteiger partial charge in [-0.15, -0.1) is 13.2 Å². The fourth-order valence-corrected chi connectivity index (χ4v) is 1.56. The van der Waals surface area contributed by atoms with Crippen LogP contribution in [-0.4, -0.2) is 23.0 Å². The summed E-state index contributed by atoms with van der Waals surface area (Å²) in [6, 6.07) is 0. The predicted molar refractivity (Wildman–Crippen MR) is 86.6 cm³/mol. The third-order valence-electron chi connectivity index (χ3n) is 2.46. The van der Waals surface area contributed by atoms with Crippen LogP contribution in [0.25, 0.3) is 0 Å². The molecular formula is C14H34O5S. The molecule has 0 fully saturated rings. The summed E-state index contributed by atoms with van der Waals surface area (Å²) >= 11 is 0. The van der Waals surface area contributed by atoms with Gasteiger partial charge in [-0.1, -0.05) is 78.1 Å². The molecule has 126 valence electrons. The lowest BCUT2D eigenvalue weighted by Crippen LogP contribution is -1.89. The molecule has 0 aliphatic heterocycles. The van der Waals surface area contributed by atoms with E-state index < -0.39 is 10.4 Å². The summed E-state index contributed by atoms with van der Waals surface area (Å²) in [5.41, 5.74) is 0. The van der Waals surface area contributed by atoms with E-state index >= 15 is 0 Å². The Hall–Kier alpha value is -0.430. The van der Waals surface area contributed by atoms with Gasteiger partial charge in [0.2, 0.25) is 0 Å². The van der Waals surface area contributed by atoms with Crippen molar-refractivity contribution >= 4 is 10.4 Å². The van der Waals surface area contributed by atoms with Gasteiger partial charge >= 0.3 is 10.4 Å². The predicted octanol–water partition coefficient (Wildman–Crippen LogP) is 4.25. The summed E-state index contributed by atoms with van der Waals surface area (Å²) in [5.74, 6) is 0. The van der Waals surface area contributed by atoms with Gasteiger partial charge in [-0.2, -0.15) is 8.42 Å². The van der Waals surface area contributed by atoms with Gasteiger partial charge in [-0.3, -0.25) is 9.11 Å². The Morgan fingerprint density at radius 2 is 0.850 bits per heavy atom. The number of rotatable bonds is 9. The standard InChI is InChI=1S/C12H26.C2H4.H2O4S.H2O/c1-3-5-7-9-11-12-10-8-6-4-2;1-2;1-5(2,3)4;/h3-12H2,1-2H3;1-2H2;(H2,1,2,3,4);1H2. The highest BCUT2D eigenvalue weighted by molar-refractivity contribution is 7.79. The van der Waals surface area contributed by atoms with Gasteiger partial charge in [0.05, 0.1) is 0 Å². The van der Waals surface area contributed by atoms with Crippen molar-refractivity contribution in [3.05, 3.63) is 13.2 Å². The first-order chi connectivity index (χ1) is 8.91. The van der Waals surface area contributed by atoms with Crippen LogP contribution in [0.4, 0.5) is 0 Å². The van der Waals surface area contributed by atoms with E-state index in [0.717, 1.165) is 0 Å². The molecule has 0 spiro atoms. The lowest BCUT2D eigenvalue weighted by atomic mass is 10.1. The molecule has 0 aromatic heterocycles. The monoisotopic (exact) mass is 314 g/mol. The van der Waals surface area contributed by atoms with Gasteiger partial charge in [0.15, 0.2) is 0 Å². The number of hydrogen-bond acceptors (Lipinski definition) is 2. The van der Waals surface area contributed by atoms with Gasteiger partial charge in [0.1, 0.15) is 0 Å². The van der Waals surface area contributed by atoms with E-state index in [4.69, 9.17) is 17.5 Å². The molecule has 0 atom stereocenters. The Balaban J connectivity index is -0.000000136. The van der Waals surface area contributed by atoms with Gasteiger partial charge in [-0.25, -0.2) is 0 Å². The van der Waals surface area contributed by atoms with Crippen LogP contribution >= 0.6 is 0 Å². The maximum atomic E-state index is 8.74. The molecule has 0 heterocycles. The number of hydrogen-bond donors (Lipinski definition) is 2. The molecule has 0 unspecified atom stereocenters. The summed E-state index contributed by atoms with van der Waals surface area (Å²) in [6.07, 6.45) is 14.4. The summed E-state index contributed by atoms with van der Waals surface area (Å²) < 4.78 is 31.6. The van der Waals surface area contributed by atoms with Crippen molar-refractivity contribution < 1.29 is 23.0 Å². The molecule has 5 nitrogen and oxygen atoms in total. The van der Waals surface area contributed by atoms with Crippen molar-refractivity contribution in [3.63, 3.8) is 0 Å². The van der Waals surface area contributed by atoms with Crippen molar-refractivity contribution in [2.75, 3.05) is 0 Å². The van der Waals surface area contributed by atoms with E-state index in [1.165, 1.54) is 64.2 Å². The highest BCUT2D eigenvalue weighted by Gasteiger charge is 1.90. The average molecular weight is 314 g/mol. The second-order valence-electron chi connectivity index (χ2n) is 4.28. The quantitative estimate of drug-likeness (QED) is 0.377. The number of unbranched alkanes of at least 4 members (excludes halogenated alkanes) is 9. The van der Waals surface area contributed by atoms with Gasteiger partial charge in [0.25, 0.3) is 0 Å². The van der Waals surface area contributed by atoms with E-state index in [9.17, 15) is 0 Å². The Morgan fingerprint density at radius 1 is 0.700 bits per heavy atom.